The SMILES string of the molecule is c1ccc(-c2c(Nc3sc4ccccc4c3-c3ccccc3)sc3ccccc23)cc1. The molecule has 31 heavy (non-hydrogen) atoms. The molecule has 6 rings (SSSR count). The van der Waals surface area contributed by atoms with Crippen LogP contribution in [0.5, 0.6) is 0 Å². The molecular weight excluding hydrogens is 414 g/mol. The van der Waals surface area contributed by atoms with Gasteiger partial charge in [0.1, 0.15) is 10.0 Å². The lowest BCUT2D eigenvalue weighted by molar-refractivity contribution is 1.64. The smallest absolute Gasteiger partial charge is 0.102 e. The highest BCUT2D eigenvalue weighted by Crippen LogP contribution is 2.48. The van der Waals surface area contributed by atoms with E-state index in [2.05, 4.69) is 115 Å². The lowest BCUT2D eigenvalue weighted by Crippen LogP contribution is -1.90. The first-order valence-corrected chi connectivity index (χ1v) is 11.9. The summed E-state index contributed by atoms with van der Waals surface area (Å²) >= 11 is 3.65. The number of hydrogen-bond acceptors (Lipinski definition) is 3. The lowest BCUT2D eigenvalue weighted by Gasteiger charge is -2.10. The fourth-order valence-corrected chi connectivity index (χ4v) is 6.48. The van der Waals surface area contributed by atoms with E-state index in [1.807, 2.05) is 22.7 Å². The number of hydrogen-bond donors (Lipinski definition) is 1. The molecule has 0 aliphatic heterocycles. The van der Waals surface area contributed by atoms with Gasteiger partial charge in [0.25, 0.3) is 0 Å². The molecule has 1 nitrogen and oxygen atoms in total. The van der Waals surface area contributed by atoms with Crippen LogP contribution in [0, 0.1) is 0 Å². The summed E-state index contributed by atoms with van der Waals surface area (Å²) in [5.74, 6) is 0. The molecule has 0 bridgehead atoms. The molecule has 148 valence electrons. The summed E-state index contributed by atoms with van der Waals surface area (Å²) in [6.45, 7) is 0. The van der Waals surface area contributed by atoms with E-state index >= 15 is 0 Å². The van der Waals surface area contributed by atoms with Crippen molar-refractivity contribution < 1.29 is 0 Å². The average molecular weight is 434 g/mol. The normalized spacial score (nSPS) is 11.2. The largest absolute Gasteiger partial charge is 0.338 e. The van der Waals surface area contributed by atoms with Gasteiger partial charge < -0.3 is 5.32 Å². The first kappa shape index (κ1) is 18.4. The molecule has 3 heteroatoms. The Kier molecular flexibility index (Phi) is 4.56. The fraction of sp³-hybridized carbons (Fsp3) is 0. The predicted octanol–water partition coefficient (Wildman–Crippen LogP) is 9.19. The summed E-state index contributed by atoms with van der Waals surface area (Å²) in [5, 5.41) is 8.83. The van der Waals surface area contributed by atoms with Crippen LogP contribution in [0.1, 0.15) is 0 Å². The van der Waals surface area contributed by atoms with Gasteiger partial charge in [0.2, 0.25) is 0 Å². The number of benzene rings is 4. The molecule has 0 amide bonds. The lowest BCUT2D eigenvalue weighted by atomic mass is 10.0. The van der Waals surface area contributed by atoms with Gasteiger partial charge in [-0.15, -0.1) is 22.7 Å². The molecule has 6 aromatic rings. The zero-order chi connectivity index (χ0) is 20.6. The van der Waals surface area contributed by atoms with E-state index in [0.717, 1.165) is 0 Å². The van der Waals surface area contributed by atoms with Crippen molar-refractivity contribution in [1.82, 2.24) is 0 Å². The van der Waals surface area contributed by atoms with Crippen LogP contribution in [0.2, 0.25) is 0 Å². The minimum absolute atomic E-state index is 1.19. The van der Waals surface area contributed by atoms with Crippen molar-refractivity contribution in [2.75, 3.05) is 5.32 Å². The second-order valence-electron chi connectivity index (χ2n) is 7.46. The number of fused-ring (bicyclic) bond motifs is 2. The second kappa shape index (κ2) is 7.69. The van der Waals surface area contributed by atoms with E-state index in [4.69, 9.17) is 0 Å². The highest BCUT2D eigenvalue weighted by molar-refractivity contribution is 7.25. The summed E-state index contributed by atoms with van der Waals surface area (Å²) in [7, 11) is 0. The van der Waals surface area contributed by atoms with Crippen LogP contribution in [0.3, 0.4) is 0 Å². The van der Waals surface area contributed by atoms with Crippen molar-refractivity contribution in [3.8, 4) is 22.3 Å². The molecule has 0 saturated carbocycles. The van der Waals surface area contributed by atoms with Gasteiger partial charge >= 0.3 is 0 Å². The summed E-state index contributed by atoms with van der Waals surface area (Å²) in [6.07, 6.45) is 0. The minimum Gasteiger partial charge on any atom is -0.338 e. The van der Waals surface area contributed by atoms with Gasteiger partial charge in [-0.25, -0.2) is 0 Å². The topological polar surface area (TPSA) is 12.0 Å². The Labute approximate surface area is 189 Å². The Bertz CT molecular complexity index is 1380. The standard InChI is InChI=1S/C28H19NS2/c1-3-11-19(12-4-1)25-21-15-7-9-17-23(21)30-27(25)29-28-26(20-13-5-2-6-14-20)22-16-8-10-18-24(22)31-28/h1-18,29H. The first-order valence-electron chi connectivity index (χ1n) is 10.3. The monoisotopic (exact) mass is 433 g/mol. The van der Waals surface area contributed by atoms with Gasteiger partial charge in [0.05, 0.1) is 0 Å². The Morgan fingerprint density at radius 1 is 0.419 bits per heavy atom. The zero-order valence-electron chi connectivity index (χ0n) is 16.7. The quantitative estimate of drug-likeness (QED) is 0.292. The van der Waals surface area contributed by atoms with E-state index in [1.165, 1.54) is 52.4 Å². The van der Waals surface area contributed by atoms with Crippen molar-refractivity contribution in [3.63, 3.8) is 0 Å². The molecule has 2 heterocycles. The van der Waals surface area contributed by atoms with E-state index in [0.29, 0.717) is 0 Å². The highest BCUT2D eigenvalue weighted by atomic mass is 32.1. The van der Waals surface area contributed by atoms with Crippen molar-refractivity contribution in [2.45, 2.75) is 0 Å². The van der Waals surface area contributed by atoms with Crippen LogP contribution in [-0.4, -0.2) is 0 Å². The van der Waals surface area contributed by atoms with Crippen LogP contribution in [0.4, 0.5) is 10.0 Å². The molecule has 0 radical (unpaired) electrons. The molecule has 2 aromatic heterocycles. The van der Waals surface area contributed by atoms with Gasteiger partial charge in [-0.3, -0.25) is 0 Å². The summed E-state index contributed by atoms with van der Waals surface area (Å²) in [5.41, 5.74) is 5.03. The molecule has 1 N–H and O–H groups in total. The Balaban J connectivity index is 1.58. The van der Waals surface area contributed by atoms with Crippen LogP contribution >= 0.6 is 22.7 Å². The molecule has 0 aliphatic carbocycles. The molecule has 0 saturated heterocycles. The van der Waals surface area contributed by atoms with Crippen molar-refractivity contribution in [3.05, 3.63) is 109 Å². The Hall–Kier alpha value is -3.40. The van der Waals surface area contributed by atoms with E-state index < -0.39 is 0 Å². The maximum atomic E-state index is 3.85. The predicted molar refractivity (Wildman–Crippen MR) is 138 cm³/mol. The number of nitrogens with one attached hydrogen (secondary N) is 1. The van der Waals surface area contributed by atoms with Crippen LogP contribution in [0.15, 0.2) is 109 Å². The van der Waals surface area contributed by atoms with Gasteiger partial charge in [-0.1, -0.05) is 97.1 Å². The van der Waals surface area contributed by atoms with Gasteiger partial charge in [-0.05, 0) is 23.3 Å². The molecular formula is C28H19NS2. The highest BCUT2D eigenvalue weighted by Gasteiger charge is 2.18. The van der Waals surface area contributed by atoms with Crippen LogP contribution in [-0.2, 0) is 0 Å². The van der Waals surface area contributed by atoms with Gasteiger partial charge in [-0.2, -0.15) is 0 Å². The van der Waals surface area contributed by atoms with E-state index in [1.54, 1.807) is 0 Å². The van der Waals surface area contributed by atoms with Gasteiger partial charge in [0, 0.05) is 31.3 Å². The van der Waals surface area contributed by atoms with E-state index in [9.17, 15) is 0 Å². The fourth-order valence-electron chi connectivity index (χ4n) is 4.15. The third kappa shape index (κ3) is 3.23. The molecule has 0 atom stereocenters. The number of anilines is 2. The van der Waals surface area contributed by atoms with Crippen LogP contribution < -0.4 is 5.32 Å². The minimum atomic E-state index is 1.19. The summed E-state index contributed by atoms with van der Waals surface area (Å²) < 4.78 is 2.59. The zero-order valence-corrected chi connectivity index (χ0v) is 18.3. The van der Waals surface area contributed by atoms with Crippen LogP contribution in [0.25, 0.3) is 42.4 Å². The molecule has 4 aromatic carbocycles. The maximum absolute atomic E-state index is 3.85. The average Bonchev–Trinajstić information content (AvgIpc) is 3.38. The van der Waals surface area contributed by atoms with Gasteiger partial charge in [0.15, 0.2) is 0 Å². The van der Waals surface area contributed by atoms with Crippen molar-refractivity contribution in [1.29, 1.82) is 0 Å². The molecule has 0 aliphatic rings. The Morgan fingerprint density at radius 2 is 0.806 bits per heavy atom. The van der Waals surface area contributed by atoms with Crippen molar-refractivity contribution in [2.24, 2.45) is 0 Å². The maximum Gasteiger partial charge on any atom is 0.102 e. The molecule has 0 unspecified atom stereocenters. The second-order valence-corrected chi connectivity index (χ2v) is 9.57. The number of thiophene rings is 2. The third-order valence-electron chi connectivity index (χ3n) is 5.54. The first-order chi connectivity index (χ1) is 15.4. The molecule has 0 spiro atoms. The number of rotatable bonds is 4. The third-order valence-corrected chi connectivity index (χ3v) is 7.72. The van der Waals surface area contributed by atoms with Crippen molar-refractivity contribution >= 4 is 52.8 Å². The summed E-state index contributed by atoms with van der Waals surface area (Å²) in [6, 6.07) is 38.7. The van der Waals surface area contributed by atoms with E-state index in [-0.39, 0.29) is 0 Å². The molecule has 0 fully saturated rings. The summed E-state index contributed by atoms with van der Waals surface area (Å²) in [4.78, 5) is 0. The Morgan fingerprint density at radius 3 is 1.26 bits per heavy atom.